The van der Waals surface area contributed by atoms with Crippen LogP contribution in [0.2, 0.25) is 0 Å². The van der Waals surface area contributed by atoms with Crippen molar-refractivity contribution in [2.75, 3.05) is 5.32 Å². The summed E-state index contributed by atoms with van der Waals surface area (Å²) >= 11 is 0. The molecule has 0 atom stereocenters. The van der Waals surface area contributed by atoms with E-state index in [1.807, 2.05) is 24.4 Å². The van der Waals surface area contributed by atoms with Crippen molar-refractivity contribution in [2.24, 2.45) is 0 Å². The van der Waals surface area contributed by atoms with E-state index in [4.69, 9.17) is 5.26 Å². The zero-order valence-corrected chi connectivity index (χ0v) is 10.9. The van der Waals surface area contributed by atoms with E-state index < -0.39 is 5.82 Å². The average Bonchev–Trinajstić information content (AvgIpc) is 2.84. The van der Waals surface area contributed by atoms with E-state index in [-0.39, 0.29) is 5.56 Å². The predicted molar refractivity (Wildman–Crippen MR) is 73.2 cm³/mol. The molecule has 0 unspecified atom stereocenters. The number of nitriles is 1. The standard InChI is InChI=1S/C15H16FN3/c1-2-8-19-9-4-5-12(19)11-18-15-7-3-6-14(16)13(15)10-17/h3-7,9,18H,2,8,11H2,1H3. The van der Waals surface area contributed by atoms with Crippen LogP contribution in [0, 0.1) is 17.1 Å². The topological polar surface area (TPSA) is 40.8 Å². The van der Waals surface area contributed by atoms with Crippen LogP contribution >= 0.6 is 0 Å². The Kier molecular flexibility index (Phi) is 4.19. The number of rotatable bonds is 5. The van der Waals surface area contributed by atoms with Crippen LogP contribution in [0.4, 0.5) is 10.1 Å². The van der Waals surface area contributed by atoms with E-state index in [2.05, 4.69) is 16.8 Å². The van der Waals surface area contributed by atoms with Crippen molar-refractivity contribution >= 4 is 5.69 Å². The number of hydrogen-bond acceptors (Lipinski definition) is 2. The molecular weight excluding hydrogens is 241 g/mol. The molecule has 0 radical (unpaired) electrons. The largest absolute Gasteiger partial charge is 0.378 e. The number of aromatic nitrogens is 1. The maximum atomic E-state index is 13.4. The summed E-state index contributed by atoms with van der Waals surface area (Å²) in [6, 6.07) is 10.5. The second-order valence-corrected chi connectivity index (χ2v) is 4.32. The molecule has 0 aliphatic rings. The highest BCUT2D eigenvalue weighted by atomic mass is 19.1. The number of benzene rings is 1. The van der Waals surface area contributed by atoms with Gasteiger partial charge >= 0.3 is 0 Å². The zero-order valence-electron chi connectivity index (χ0n) is 10.9. The molecule has 0 amide bonds. The second-order valence-electron chi connectivity index (χ2n) is 4.32. The molecule has 1 N–H and O–H groups in total. The van der Waals surface area contributed by atoms with Gasteiger partial charge in [0.1, 0.15) is 17.4 Å². The highest BCUT2D eigenvalue weighted by molar-refractivity contribution is 5.57. The van der Waals surface area contributed by atoms with Crippen molar-refractivity contribution < 1.29 is 4.39 Å². The molecular formula is C15H16FN3. The normalized spacial score (nSPS) is 10.2. The Labute approximate surface area is 112 Å². The summed E-state index contributed by atoms with van der Waals surface area (Å²) in [6.07, 6.45) is 3.09. The third-order valence-corrected chi connectivity index (χ3v) is 2.97. The molecule has 0 fully saturated rings. The van der Waals surface area contributed by atoms with Crippen LogP contribution in [0.3, 0.4) is 0 Å². The van der Waals surface area contributed by atoms with Crippen LogP contribution in [-0.4, -0.2) is 4.57 Å². The summed E-state index contributed by atoms with van der Waals surface area (Å²) in [5.74, 6) is -0.489. The number of anilines is 1. The van der Waals surface area contributed by atoms with Crippen molar-refractivity contribution in [1.82, 2.24) is 4.57 Å². The Morgan fingerprint density at radius 2 is 2.16 bits per heavy atom. The lowest BCUT2D eigenvalue weighted by Crippen LogP contribution is -2.08. The highest BCUT2D eigenvalue weighted by Crippen LogP contribution is 2.18. The van der Waals surface area contributed by atoms with Gasteiger partial charge in [-0.2, -0.15) is 5.26 Å². The van der Waals surface area contributed by atoms with Gasteiger partial charge in [-0.3, -0.25) is 0 Å². The molecule has 1 aromatic heterocycles. The predicted octanol–water partition coefficient (Wildman–Crippen LogP) is 3.52. The summed E-state index contributed by atoms with van der Waals surface area (Å²) in [5, 5.41) is 12.1. The van der Waals surface area contributed by atoms with Gasteiger partial charge in [0.05, 0.1) is 12.2 Å². The Hall–Kier alpha value is -2.28. The first kappa shape index (κ1) is 13.2. The SMILES string of the molecule is CCCn1cccc1CNc1cccc(F)c1C#N. The van der Waals surface area contributed by atoms with Crippen LogP contribution < -0.4 is 5.32 Å². The molecule has 0 aliphatic carbocycles. The molecule has 0 aliphatic heterocycles. The molecule has 0 spiro atoms. The Balaban J connectivity index is 2.13. The fourth-order valence-corrected chi connectivity index (χ4v) is 2.04. The quantitative estimate of drug-likeness (QED) is 0.890. The van der Waals surface area contributed by atoms with Gasteiger partial charge in [-0.25, -0.2) is 4.39 Å². The summed E-state index contributed by atoms with van der Waals surface area (Å²) in [7, 11) is 0. The molecule has 19 heavy (non-hydrogen) atoms. The first-order valence-electron chi connectivity index (χ1n) is 6.32. The number of nitrogens with one attached hydrogen (secondary N) is 1. The minimum absolute atomic E-state index is 0.0658. The first-order chi connectivity index (χ1) is 9.26. The van der Waals surface area contributed by atoms with E-state index in [0.717, 1.165) is 18.7 Å². The highest BCUT2D eigenvalue weighted by Gasteiger charge is 2.08. The average molecular weight is 257 g/mol. The minimum atomic E-state index is -0.489. The molecule has 2 aromatic rings. The van der Waals surface area contributed by atoms with Gasteiger partial charge in [0, 0.05) is 18.4 Å². The van der Waals surface area contributed by atoms with Gasteiger partial charge < -0.3 is 9.88 Å². The van der Waals surface area contributed by atoms with Crippen LogP contribution in [0.25, 0.3) is 0 Å². The number of halogens is 1. The summed E-state index contributed by atoms with van der Waals surface area (Å²) < 4.78 is 15.6. The molecule has 1 heterocycles. The Morgan fingerprint density at radius 3 is 2.89 bits per heavy atom. The number of nitrogens with zero attached hydrogens (tertiary/aromatic N) is 2. The van der Waals surface area contributed by atoms with Crippen LogP contribution in [0.15, 0.2) is 36.5 Å². The molecule has 98 valence electrons. The molecule has 2 rings (SSSR count). The van der Waals surface area contributed by atoms with Gasteiger partial charge in [-0.15, -0.1) is 0 Å². The fraction of sp³-hybridized carbons (Fsp3) is 0.267. The lowest BCUT2D eigenvalue weighted by Gasteiger charge is -2.11. The van der Waals surface area contributed by atoms with Gasteiger partial charge in [0.2, 0.25) is 0 Å². The lowest BCUT2D eigenvalue weighted by atomic mass is 10.2. The molecule has 0 saturated carbocycles. The number of aryl methyl sites for hydroxylation is 1. The molecule has 0 bridgehead atoms. The fourth-order valence-electron chi connectivity index (χ4n) is 2.04. The maximum absolute atomic E-state index is 13.4. The summed E-state index contributed by atoms with van der Waals surface area (Å²) in [5.41, 5.74) is 1.72. The van der Waals surface area contributed by atoms with Crippen molar-refractivity contribution in [3.63, 3.8) is 0 Å². The van der Waals surface area contributed by atoms with E-state index in [0.29, 0.717) is 12.2 Å². The molecule has 3 nitrogen and oxygen atoms in total. The van der Waals surface area contributed by atoms with Crippen molar-refractivity contribution in [1.29, 1.82) is 5.26 Å². The third kappa shape index (κ3) is 2.94. The van der Waals surface area contributed by atoms with Gasteiger partial charge in [0.15, 0.2) is 0 Å². The smallest absolute Gasteiger partial charge is 0.143 e. The zero-order chi connectivity index (χ0) is 13.7. The van der Waals surface area contributed by atoms with Crippen LogP contribution in [-0.2, 0) is 13.1 Å². The van der Waals surface area contributed by atoms with Crippen molar-refractivity contribution in [2.45, 2.75) is 26.4 Å². The monoisotopic (exact) mass is 257 g/mol. The Bertz CT molecular complexity index is 596. The Morgan fingerprint density at radius 1 is 1.32 bits per heavy atom. The van der Waals surface area contributed by atoms with Gasteiger partial charge in [-0.1, -0.05) is 13.0 Å². The van der Waals surface area contributed by atoms with Crippen molar-refractivity contribution in [3.8, 4) is 6.07 Å². The van der Waals surface area contributed by atoms with Crippen molar-refractivity contribution in [3.05, 3.63) is 53.6 Å². The van der Waals surface area contributed by atoms with Gasteiger partial charge in [-0.05, 0) is 30.7 Å². The van der Waals surface area contributed by atoms with E-state index in [1.54, 1.807) is 12.1 Å². The van der Waals surface area contributed by atoms with E-state index >= 15 is 0 Å². The first-order valence-corrected chi connectivity index (χ1v) is 6.32. The second kappa shape index (κ2) is 6.05. The van der Waals surface area contributed by atoms with E-state index in [1.165, 1.54) is 6.07 Å². The summed E-state index contributed by atoms with van der Waals surface area (Å²) in [4.78, 5) is 0. The van der Waals surface area contributed by atoms with E-state index in [9.17, 15) is 4.39 Å². The minimum Gasteiger partial charge on any atom is -0.378 e. The van der Waals surface area contributed by atoms with Crippen LogP contribution in [0.1, 0.15) is 24.6 Å². The van der Waals surface area contributed by atoms with Gasteiger partial charge in [0.25, 0.3) is 0 Å². The summed E-state index contributed by atoms with van der Waals surface area (Å²) in [6.45, 7) is 3.65. The lowest BCUT2D eigenvalue weighted by molar-refractivity contribution is 0.624. The third-order valence-electron chi connectivity index (χ3n) is 2.97. The molecule has 4 heteroatoms. The molecule has 0 saturated heterocycles. The van der Waals surface area contributed by atoms with Crippen LogP contribution in [0.5, 0.6) is 0 Å². The maximum Gasteiger partial charge on any atom is 0.143 e. The number of hydrogen-bond donors (Lipinski definition) is 1. The molecule has 1 aromatic carbocycles.